The summed E-state index contributed by atoms with van der Waals surface area (Å²) >= 11 is 0. The van der Waals surface area contributed by atoms with Crippen LogP contribution in [-0.4, -0.2) is 42.0 Å². The molecule has 1 atom stereocenters. The summed E-state index contributed by atoms with van der Waals surface area (Å²) < 4.78 is 0. The zero-order valence-electron chi connectivity index (χ0n) is 16.6. The summed E-state index contributed by atoms with van der Waals surface area (Å²) in [5.74, 6) is 0.611. The van der Waals surface area contributed by atoms with Crippen LogP contribution in [0.1, 0.15) is 44.1 Å². The number of aromatic nitrogens is 1. The van der Waals surface area contributed by atoms with Gasteiger partial charge in [-0.25, -0.2) is 4.98 Å². The topological polar surface area (TPSA) is 48.5 Å². The number of carbonyl (C=O) groups is 1. The molecule has 144 valence electrons. The quantitative estimate of drug-likeness (QED) is 0.815. The molecule has 0 aliphatic carbocycles. The van der Waals surface area contributed by atoms with Gasteiger partial charge in [-0.15, -0.1) is 0 Å². The highest BCUT2D eigenvalue weighted by Gasteiger charge is 2.22. The Kier molecular flexibility index (Phi) is 6.32. The fraction of sp³-hybridized carbons (Fsp3) is 0.455. The number of likely N-dealkylation sites (tertiary alicyclic amines) is 1. The second-order valence-corrected chi connectivity index (χ2v) is 7.27. The van der Waals surface area contributed by atoms with Gasteiger partial charge in [0.1, 0.15) is 5.69 Å². The SMILES string of the molecule is CCN(CC)c1ccc(Nc2ccc(C(=O)N3CCCC(C)C3)nc2)cc1. The van der Waals surface area contributed by atoms with Crippen LogP contribution in [0.25, 0.3) is 0 Å². The van der Waals surface area contributed by atoms with Gasteiger partial charge in [0.15, 0.2) is 0 Å². The van der Waals surface area contributed by atoms with Crippen LogP contribution < -0.4 is 10.2 Å². The van der Waals surface area contributed by atoms with Crippen LogP contribution in [0.5, 0.6) is 0 Å². The van der Waals surface area contributed by atoms with E-state index in [0.717, 1.165) is 44.0 Å². The molecule has 2 heterocycles. The molecule has 0 spiro atoms. The summed E-state index contributed by atoms with van der Waals surface area (Å²) in [5, 5.41) is 3.35. The summed E-state index contributed by atoms with van der Waals surface area (Å²) in [7, 11) is 0. The first-order valence-electron chi connectivity index (χ1n) is 9.98. The van der Waals surface area contributed by atoms with Crippen molar-refractivity contribution in [2.45, 2.75) is 33.6 Å². The number of rotatable bonds is 6. The number of hydrogen-bond donors (Lipinski definition) is 1. The van der Waals surface area contributed by atoms with Crippen molar-refractivity contribution in [3.8, 4) is 0 Å². The van der Waals surface area contributed by atoms with Crippen molar-refractivity contribution in [3.05, 3.63) is 48.3 Å². The molecule has 1 amide bonds. The molecule has 1 aliphatic rings. The van der Waals surface area contributed by atoms with Gasteiger partial charge in [0.05, 0.1) is 11.9 Å². The Morgan fingerprint density at radius 1 is 1.15 bits per heavy atom. The van der Waals surface area contributed by atoms with Gasteiger partial charge in [-0.2, -0.15) is 0 Å². The average molecular weight is 367 g/mol. The van der Waals surface area contributed by atoms with E-state index in [1.165, 1.54) is 12.1 Å². The Labute approximate surface area is 162 Å². The van der Waals surface area contributed by atoms with Crippen LogP contribution >= 0.6 is 0 Å². The number of carbonyl (C=O) groups excluding carboxylic acids is 1. The molecule has 27 heavy (non-hydrogen) atoms. The molecule has 1 aromatic heterocycles. The molecule has 2 aromatic rings. The van der Waals surface area contributed by atoms with E-state index in [-0.39, 0.29) is 5.91 Å². The van der Waals surface area contributed by atoms with Crippen molar-refractivity contribution in [1.82, 2.24) is 9.88 Å². The van der Waals surface area contributed by atoms with Crippen molar-refractivity contribution in [1.29, 1.82) is 0 Å². The third kappa shape index (κ3) is 4.79. The van der Waals surface area contributed by atoms with Gasteiger partial charge in [0, 0.05) is 37.6 Å². The van der Waals surface area contributed by atoms with Crippen LogP contribution in [0.3, 0.4) is 0 Å². The number of amides is 1. The van der Waals surface area contributed by atoms with E-state index in [4.69, 9.17) is 0 Å². The minimum Gasteiger partial charge on any atom is -0.372 e. The van der Waals surface area contributed by atoms with Crippen molar-refractivity contribution in [3.63, 3.8) is 0 Å². The highest BCUT2D eigenvalue weighted by atomic mass is 16.2. The van der Waals surface area contributed by atoms with Gasteiger partial charge in [0.2, 0.25) is 0 Å². The number of piperidine rings is 1. The molecule has 0 radical (unpaired) electrons. The lowest BCUT2D eigenvalue weighted by Crippen LogP contribution is -2.39. The molecule has 1 unspecified atom stereocenters. The Bertz CT molecular complexity index is 738. The molecular formula is C22H30N4O. The van der Waals surface area contributed by atoms with E-state index in [2.05, 4.69) is 60.2 Å². The molecule has 1 fully saturated rings. The molecule has 1 aliphatic heterocycles. The molecule has 0 saturated carbocycles. The molecule has 0 bridgehead atoms. The molecule has 1 N–H and O–H groups in total. The normalized spacial score (nSPS) is 16.9. The average Bonchev–Trinajstić information content (AvgIpc) is 2.70. The zero-order valence-corrected chi connectivity index (χ0v) is 16.6. The Hall–Kier alpha value is -2.56. The van der Waals surface area contributed by atoms with Crippen LogP contribution in [0.15, 0.2) is 42.6 Å². The van der Waals surface area contributed by atoms with E-state index < -0.39 is 0 Å². The van der Waals surface area contributed by atoms with Gasteiger partial charge in [0.25, 0.3) is 5.91 Å². The van der Waals surface area contributed by atoms with E-state index >= 15 is 0 Å². The van der Waals surface area contributed by atoms with Crippen LogP contribution in [0.2, 0.25) is 0 Å². The van der Waals surface area contributed by atoms with Gasteiger partial charge in [-0.1, -0.05) is 6.92 Å². The Balaban J connectivity index is 1.63. The minimum absolute atomic E-state index is 0.0386. The minimum atomic E-state index is 0.0386. The van der Waals surface area contributed by atoms with Gasteiger partial charge in [-0.05, 0) is 69.0 Å². The zero-order chi connectivity index (χ0) is 19.2. The predicted molar refractivity (Wildman–Crippen MR) is 112 cm³/mol. The van der Waals surface area contributed by atoms with E-state index in [9.17, 15) is 4.79 Å². The van der Waals surface area contributed by atoms with Crippen molar-refractivity contribution >= 4 is 23.0 Å². The molecule has 1 aromatic carbocycles. The molecule has 5 heteroatoms. The van der Waals surface area contributed by atoms with Crippen LogP contribution in [0, 0.1) is 5.92 Å². The number of nitrogens with one attached hydrogen (secondary N) is 1. The maximum absolute atomic E-state index is 12.6. The maximum Gasteiger partial charge on any atom is 0.272 e. The van der Waals surface area contributed by atoms with Gasteiger partial charge < -0.3 is 15.1 Å². The monoisotopic (exact) mass is 366 g/mol. The maximum atomic E-state index is 12.6. The standard InChI is InChI=1S/C22H30N4O/c1-4-25(5-2)20-11-8-18(9-12-20)24-19-10-13-21(23-15-19)22(27)26-14-6-7-17(3)16-26/h8-13,15,17,24H,4-7,14,16H2,1-3H3. The van der Waals surface area contributed by atoms with Crippen LogP contribution in [0.4, 0.5) is 17.1 Å². The molecule has 3 rings (SSSR count). The summed E-state index contributed by atoms with van der Waals surface area (Å²) in [5.41, 5.74) is 3.64. The van der Waals surface area contributed by atoms with Crippen molar-refractivity contribution < 1.29 is 4.79 Å². The third-order valence-corrected chi connectivity index (χ3v) is 5.21. The number of benzene rings is 1. The summed E-state index contributed by atoms with van der Waals surface area (Å²) in [6.07, 6.45) is 4.02. The fourth-order valence-electron chi connectivity index (χ4n) is 3.64. The first-order valence-corrected chi connectivity index (χ1v) is 9.98. The summed E-state index contributed by atoms with van der Waals surface area (Å²) in [6, 6.07) is 12.1. The summed E-state index contributed by atoms with van der Waals surface area (Å²) in [4.78, 5) is 21.2. The van der Waals surface area contributed by atoms with E-state index in [0.29, 0.717) is 11.6 Å². The molecular weight excluding hydrogens is 336 g/mol. The smallest absolute Gasteiger partial charge is 0.272 e. The number of pyridine rings is 1. The Morgan fingerprint density at radius 3 is 2.44 bits per heavy atom. The Morgan fingerprint density at radius 2 is 1.85 bits per heavy atom. The predicted octanol–water partition coefficient (Wildman–Crippen LogP) is 4.54. The third-order valence-electron chi connectivity index (χ3n) is 5.21. The lowest BCUT2D eigenvalue weighted by molar-refractivity contribution is 0.0677. The highest BCUT2D eigenvalue weighted by molar-refractivity contribution is 5.92. The van der Waals surface area contributed by atoms with E-state index in [1.807, 2.05) is 17.0 Å². The lowest BCUT2D eigenvalue weighted by Gasteiger charge is -2.30. The van der Waals surface area contributed by atoms with Crippen molar-refractivity contribution in [2.24, 2.45) is 5.92 Å². The first kappa shape index (κ1) is 19.2. The van der Waals surface area contributed by atoms with E-state index in [1.54, 1.807) is 6.20 Å². The largest absolute Gasteiger partial charge is 0.372 e. The number of anilines is 3. The second kappa shape index (κ2) is 8.89. The fourth-order valence-corrected chi connectivity index (χ4v) is 3.64. The first-order chi connectivity index (χ1) is 13.1. The highest BCUT2D eigenvalue weighted by Crippen LogP contribution is 2.22. The second-order valence-electron chi connectivity index (χ2n) is 7.27. The van der Waals surface area contributed by atoms with Gasteiger partial charge >= 0.3 is 0 Å². The number of nitrogens with zero attached hydrogens (tertiary/aromatic N) is 3. The summed E-state index contributed by atoms with van der Waals surface area (Å²) in [6.45, 7) is 10.2. The number of hydrogen-bond acceptors (Lipinski definition) is 4. The van der Waals surface area contributed by atoms with Crippen molar-refractivity contribution in [2.75, 3.05) is 36.4 Å². The lowest BCUT2D eigenvalue weighted by atomic mass is 10.00. The molecule has 1 saturated heterocycles. The molecule has 5 nitrogen and oxygen atoms in total. The van der Waals surface area contributed by atoms with Gasteiger partial charge in [-0.3, -0.25) is 4.79 Å². The van der Waals surface area contributed by atoms with Crippen LogP contribution in [-0.2, 0) is 0 Å².